The highest BCUT2D eigenvalue weighted by molar-refractivity contribution is 7.99. The Morgan fingerprint density at radius 2 is 2.20 bits per heavy atom. The molecule has 0 aliphatic carbocycles. The van der Waals surface area contributed by atoms with E-state index >= 15 is 0 Å². The van der Waals surface area contributed by atoms with Crippen LogP contribution >= 0.6 is 11.8 Å². The summed E-state index contributed by atoms with van der Waals surface area (Å²) in [5, 5.41) is 7.14. The molecular weight excluding hydrogens is 274 g/mol. The number of rotatable bonds is 6. The molecule has 2 rings (SSSR count). The van der Waals surface area contributed by atoms with Crippen LogP contribution in [-0.2, 0) is 0 Å². The van der Waals surface area contributed by atoms with Crippen molar-refractivity contribution in [1.82, 2.24) is 10.1 Å². The van der Waals surface area contributed by atoms with E-state index in [0.29, 0.717) is 11.8 Å². The van der Waals surface area contributed by atoms with Gasteiger partial charge >= 0.3 is 6.01 Å². The van der Waals surface area contributed by atoms with Crippen LogP contribution in [0.25, 0.3) is 11.4 Å². The fraction of sp³-hybridized carbons (Fsp3) is 0.429. The molecular formula is C14H19N3O2S. The summed E-state index contributed by atoms with van der Waals surface area (Å²) in [5.74, 6) is 1.32. The number of hydrogen-bond acceptors (Lipinski definition) is 6. The maximum atomic E-state index is 5.21. The number of hydrogen-bond donors (Lipinski definition) is 1. The zero-order valence-electron chi connectivity index (χ0n) is 12.1. The van der Waals surface area contributed by atoms with Crippen molar-refractivity contribution in [2.45, 2.75) is 18.6 Å². The highest BCUT2D eigenvalue weighted by atomic mass is 32.2. The summed E-state index contributed by atoms with van der Waals surface area (Å²) in [6.45, 7) is 5.07. The van der Waals surface area contributed by atoms with Crippen LogP contribution in [0.2, 0.25) is 0 Å². The molecule has 1 heterocycles. The highest BCUT2D eigenvalue weighted by Crippen LogP contribution is 2.24. The summed E-state index contributed by atoms with van der Waals surface area (Å²) in [6.07, 6.45) is 2.08. The van der Waals surface area contributed by atoms with Crippen LogP contribution in [0.1, 0.15) is 13.8 Å². The molecule has 1 aromatic carbocycles. The zero-order chi connectivity index (χ0) is 14.6. The predicted molar refractivity (Wildman–Crippen MR) is 82.4 cm³/mol. The van der Waals surface area contributed by atoms with Crippen molar-refractivity contribution >= 4 is 17.8 Å². The number of nitrogens with zero attached hydrogens (tertiary/aromatic N) is 2. The lowest BCUT2D eigenvalue weighted by Gasteiger charge is -2.21. The van der Waals surface area contributed by atoms with Crippen LogP contribution in [0.15, 0.2) is 28.8 Å². The van der Waals surface area contributed by atoms with Crippen LogP contribution < -0.4 is 10.1 Å². The maximum absolute atomic E-state index is 5.21. The Balaban J connectivity index is 2.08. The molecule has 0 aliphatic heterocycles. The first-order valence-corrected chi connectivity index (χ1v) is 7.54. The molecule has 0 aliphatic rings. The molecule has 108 valence electrons. The van der Waals surface area contributed by atoms with Gasteiger partial charge in [-0.2, -0.15) is 16.7 Å². The highest BCUT2D eigenvalue weighted by Gasteiger charge is 2.17. The summed E-state index contributed by atoms with van der Waals surface area (Å²) < 4.78 is 10.5. The first-order chi connectivity index (χ1) is 9.54. The molecule has 0 saturated heterocycles. The summed E-state index contributed by atoms with van der Waals surface area (Å²) in [5.41, 5.74) is 0.866. The van der Waals surface area contributed by atoms with E-state index < -0.39 is 0 Å². The second-order valence-corrected chi connectivity index (χ2v) is 6.49. The van der Waals surface area contributed by atoms with Gasteiger partial charge in [0.1, 0.15) is 5.75 Å². The fourth-order valence-corrected chi connectivity index (χ4v) is 1.75. The first-order valence-electron chi connectivity index (χ1n) is 6.31. The Bertz CT molecular complexity index is 569. The van der Waals surface area contributed by atoms with E-state index in [1.54, 1.807) is 18.9 Å². The van der Waals surface area contributed by atoms with Gasteiger partial charge in [-0.25, -0.2) is 0 Å². The second kappa shape index (κ2) is 6.17. The number of thioether (sulfide) groups is 1. The minimum absolute atomic E-state index is 0.116. The third-order valence-corrected chi connectivity index (χ3v) is 4.22. The largest absolute Gasteiger partial charge is 0.497 e. The van der Waals surface area contributed by atoms with Crippen LogP contribution in [0.5, 0.6) is 5.75 Å². The molecule has 20 heavy (non-hydrogen) atoms. The average Bonchev–Trinajstić information content (AvgIpc) is 2.94. The average molecular weight is 293 g/mol. The molecule has 2 aromatic rings. The minimum atomic E-state index is 0.116. The molecule has 0 saturated carbocycles. The van der Waals surface area contributed by atoms with Crippen molar-refractivity contribution in [3.8, 4) is 17.1 Å². The number of anilines is 1. The smallest absolute Gasteiger partial charge is 0.321 e. The molecule has 0 fully saturated rings. The maximum Gasteiger partial charge on any atom is 0.321 e. The number of ether oxygens (including phenoxy) is 1. The van der Waals surface area contributed by atoms with E-state index in [1.165, 1.54) is 0 Å². The molecule has 1 aromatic heterocycles. The zero-order valence-corrected chi connectivity index (χ0v) is 13.0. The SMILES string of the molecule is COc1cccc(-c2noc(NCC(C)(C)SC)n2)c1. The Hall–Kier alpha value is -1.69. The minimum Gasteiger partial charge on any atom is -0.497 e. The normalized spacial score (nSPS) is 11.4. The summed E-state index contributed by atoms with van der Waals surface area (Å²) in [6, 6.07) is 8.01. The van der Waals surface area contributed by atoms with Gasteiger partial charge < -0.3 is 14.6 Å². The number of nitrogens with one attached hydrogen (secondary N) is 1. The van der Waals surface area contributed by atoms with Crippen LogP contribution in [-0.4, -0.2) is 34.8 Å². The monoisotopic (exact) mass is 293 g/mol. The second-order valence-electron chi connectivity index (χ2n) is 4.97. The predicted octanol–water partition coefficient (Wildman–Crippen LogP) is 3.30. The molecule has 5 nitrogen and oxygen atoms in total. The Morgan fingerprint density at radius 3 is 2.90 bits per heavy atom. The molecule has 0 bridgehead atoms. The van der Waals surface area contributed by atoms with Crippen molar-refractivity contribution < 1.29 is 9.26 Å². The molecule has 1 N–H and O–H groups in total. The molecule has 0 spiro atoms. The van der Waals surface area contributed by atoms with Gasteiger partial charge in [-0.3, -0.25) is 0 Å². The third kappa shape index (κ3) is 3.66. The van der Waals surface area contributed by atoms with Crippen LogP contribution in [0.4, 0.5) is 6.01 Å². The van der Waals surface area contributed by atoms with E-state index in [0.717, 1.165) is 17.9 Å². The van der Waals surface area contributed by atoms with Gasteiger partial charge in [-0.05, 0) is 32.2 Å². The van der Waals surface area contributed by atoms with Crippen LogP contribution in [0.3, 0.4) is 0 Å². The van der Waals surface area contributed by atoms with E-state index in [2.05, 4.69) is 35.6 Å². The van der Waals surface area contributed by atoms with Gasteiger partial charge in [0.25, 0.3) is 0 Å². The lowest BCUT2D eigenvalue weighted by Crippen LogP contribution is -2.25. The molecule has 0 atom stereocenters. The van der Waals surface area contributed by atoms with E-state index in [1.807, 2.05) is 24.3 Å². The van der Waals surface area contributed by atoms with E-state index in [-0.39, 0.29) is 4.75 Å². The van der Waals surface area contributed by atoms with Crippen molar-refractivity contribution in [2.24, 2.45) is 0 Å². The van der Waals surface area contributed by atoms with E-state index in [9.17, 15) is 0 Å². The first kappa shape index (κ1) is 14.7. The topological polar surface area (TPSA) is 60.2 Å². The van der Waals surface area contributed by atoms with Gasteiger partial charge in [0.05, 0.1) is 7.11 Å². The Kier molecular flexibility index (Phi) is 4.54. The fourth-order valence-electron chi connectivity index (χ4n) is 1.54. The Morgan fingerprint density at radius 1 is 1.40 bits per heavy atom. The van der Waals surface area contributed by atoms with Gasteiger partial charge in [0, 0.05) is 16.9 Å². The number of aromatic nitrogens is 2. The lowest BCUT2D eigenvalue weighted by molar-refractivity contribution is 0.414. The van der Waals surface area contributed by atoms with Gasteiger partial charge in [0.2, 0.25) is 5.82 Å². The van der Waals surface area contributed by atoms with Gasteiger partial charge in [-0.15, -0.1) is 0 Å². The third-order valence-electron chi connectivity index (χ3n) is 2.97. The Labute approximate surface area is 123 Å². The summed E-state index contributed by atoms with van der Waals surface area (Å²) in [4.78, 5) is 4.34. The quantitative estimate of drug-likeness (QED) is 0.882. The van der Waals surface area contributed by atoms with Crippen molar-refractivity contribution in [3.63, 3.8) is 0 Å². The van der Waals surface area contributed by atoms with Gasteiger partial charge in [0.15, 0.2) is 0 Å². The lowest BCUT2D eigenvalue weighted by atomic mass is 10.2. The summed E-state index contributed by atoms with van der Waals surface area (Å²) in [7, 11) is 1.63. The van der Waals surface area contributed by atoms with Crippen LogP contribution in [0, 0.1) is 0 Å². The van der Waals surface area contributed by atoms with E-state index in [4.69, 9.17) is 9.26 Å². The van der Waals surface area contributed by atoms with Gasteiger partial charge in [-0.1, -0.05) is 17.3 Å². The number of benzene rings is 1. The molecule has 6 heteroatoms. The van der Waals surface area contributed by atoms with Crippen molar-refractivity contribution in [1.29, 1.82) is 0 Å². The molecule has 0 amide bonds. The van der Waals surface area contributed by atoms with Crippen molar-refractivity contribution in [3.05, 3.63) is 24.3 Å². The number of methoxy groups -OCH3 is 1. The van der Waals surface area contributed by atoms with Crippen molar-refractivity contribution in [2.75, 3.05) is 25.2 Å². The molecule has 0 radical (unpaired) electrons. The summed E-state index contributed by atoms with van der Waals surface area (Å²) >= 11 is 1.79. The molecule has 0 unspecified atom stereocenters. The standard InChI is InChI=1S/C14H19N3O2S/c1-14(2,20-4)9-15-13-16-12(17-19-13)10-6-5-7-11(8-10)18-3/h5-8H,9H2,1-4H3,(H,15,16,17).